The SMILES string of the molecule is CC(C)(C)c1cc(-n2[c](=[Pt])n(-c3cccc(Oc4ccc5c(c4)N(c4cc(C(C)(C)C)ccn4)c4ccccc4C54c5ccc(-c6ccccc6)cc5N(c5ccccc5)c5cc(-c6ccccc6)ccc54)c3)c3ccccc32)cc(C(C)(C)C)c1. The molecule has 426 valence electrons. The summed E-state index contributed by atoms with van der Waals surface area (Å²) in [5, 5.41) is 0. The van der Waals surface area contributed by atoms with Crippen molar-refractivity contribution < 1.29 is 24.1 Å². The number of pyridine rings is 1. The molecule has 86 heavy (non-hydrogen) atoms. The van der Waals surface area contributed by atoms with Crippen molar-refractivity contribution in [2.24, 2.45) is 0 Å². The topological polar surface area (TPSA) is 38.5 Å². The summed E-state index contributed by atoms with van der Waals surface area (Å²) in [4.78, 5) is 10.1. The molecular formula is C79H69N5OPt. The fourth-order valence-corrected chi connectivity index (χ4v) is 14.2. The van der Waals surface area contributed by atoms with Crippen LogP contribution in [-0.2, 0) is 41.0 Å². The summed E-state index contributed by atoms with van der Waals surface area (Å²) in [6.45, 7) is 20.6. The normalized spacial score (nSPS) is 13.5. The van der Waals surface area contributed by atoms with Gasteiger partial charge in [-0.2, -0.15) is 0 Å². The van der Waals surface area contributed by atoms with Crippen LogP contribution in [0.1, 0.15) is 101 Å². The third-order valence-electron chi connectivity index (χ3n) is 17.4. The number of ether oxygens (including phenoxy) is 1. The van der Waals surface area contributed by atoms with Crippen LogP contribution in [-0.4, -0.2) is 14.1 Å². The Balaban J connectivity index is 0.989. The van der Waals surface area contributed by atoms with Gasteiger partial charge in [-0.05, 0) is 63.6 Å². The summed E-state index contributed by atoms with van der Waals surface area (Å²) in [7, 11) is 0. The van der Waals surface area contributed by atoms with E-state index in [1.54, 1.807) is 0 Å². The molecule has 2 aliphatic rings. The first-order valence-electron chi connectivity index (χ1n) is 29.8. The number of para-hydroxylation sites is 4. The van der Waals surface area contributed by atoms with Crippen LogP contribution in [0.3, 0.4) is 0 Å². The van der Waals surface area contributed by atoms with Crippen molar-refractivity contribution in [2.45, 2.75) is 84.0 Å². The quantitative estimate of drug-likeness (QED) is 0.152. The fraction of sp³-hybridized carbons (Fsp3) is 0.165. The van der Waals surface area contributed by atoms with Crippen LogP contribution in [0.4, 0.5) is 34.3 Å². The first-order valence-corrected chi connectivity index (χ1v) is 31.0. The van der Waals surface area contributed by atoms with Crippen molar-refractivity contribution in [3.8, 4) is 45.1 Å². The second kappa shape index (κ2) is 20.9. The molecule has 0 N–H and O–H groups in total. The maximum absolute atomic E-state index is 7.25. The van der Waals surface area contributed by atoms with Gasteiger partial charge in [0.05, 0.1) is 11.4 Å². The molecule has 2 aromatic heterocycles. The van der Waals surface area contributed by atoms with Gasteiger partial charge in [0, 0.05) is 11.9 Å². The minimum atomic E-state index is -0.829. The number of benzene rings is 10. The van der Waals surface area contributed by atoms with E-state index in [0.717, 1.165) is 99.6 Å². The summed E-state index contributed by atoms with van der Waals surface area (Å²) in [5.74, 6) is 2.28. The molecule has 0 saturated carbocycles. The van der Waals surface area contributed by atoms with Crippen molar-refractivity contribution in [1.82, 2.24) is 14.1 Å². The fourth-order valence-electron chi connectivity index (χ4n) is 13.0. The number of rotatable bonds is 8. The average Bonchev–Trinajstić information content (AvgIpc) is 0.804. The summed E-state index contributed by atoms with van der Waals surface area (Å²) >= 11 is 2.52. The van der Waals surface area contributed by atoms with Crippen molar-refractivity contribution in [2.75, 3.05) is 9.80 Å². The molecule has 0 radical (unpaired) electrons. The minimum absolute atomic E-state index is 0.0367. The summed E-state index contributed by atoms with van der Waals surface area (Å²) in [5.41, 5.74) is 21.8. The molecule has 0 amide bonds. The molecule has 0 fully saturated rings. The monoisotopic (exact) mass is 1300 g/mol. The van der Waals surface area contributed by atoms with E-state index in [9.17, 15) is 0 Å². The van der Waals surface area contributed by atoms with Gasteiger partial charge in [-0.25, -0.2) is 0 Å². The van der Waals surface area contributed by atoms with E-state index in [1.165, 1.54) is 27.8 Å². The maximum atomic E-state index is 7.25. The number of anilines is 6. The van der Waals surface area contributed by atoms with Crippen LogP contribution in [0.25, 0.3) is 44.7 Å². The van der Waals surface area contributed by atoms with E-state index in [1.807, 2.05) is 6.20 Å². The molecule has 0 saturated heterocycles. The predicted octanol–water partition coefficient (Wildman–Crippen LogP) is 20.9. The van der Waals surface area contributed by atoms with E-state index in [0.29, 0.717) is 5.75 Å². The third-order valence-corrected chi connectivity index (χ3v) is 18.5. The van der Waals surface area contributed by atoms with Gasteiger partial charge in [-0.15, -0.1) is 0 Å². The molecule has 4 heterocycles. The summed E-state index contributed by atoms with van der Waals surface area (Å²) in [6, 6.07) is 91.2. The number of fused-ring (bicyclic) bond motifs is 9. The number of hydrogen-bond acceptors (Lipinski definition) is 4. The molecule has 6 nitrogen and oxygen atoms in total. The van der Waals surface area contributed by atoms with Gasteiger partial charge < -0.3 is 4.90 Å². The molecular weight excluding hydrogens is 1230 g/mol. The van der Waals surface area contributed by atoms with E-state index in [-0.39, 0.29) is 16.2 Å². The Morgan fingerprint density at radius 3 is 1.41 bits per heavy atom. The van der Waals surface area contributed by atoms with Crippen LogP contribution in [0.15, 0.2) is 255 Å². The van der Waals surface area contributed by atoms with E-state index >= 15 is 0 Å². The zero-order valence-electron chi connectivity index (χ0n) is 50.2. The standard InChI is InChI=1S/C79H69N5O.Pt/c1-76(2,3)57-42-43-80-75(49-57)84-69-33-20-19-32-65(69)79(66-39-36-55(53-24-13-10-14-25-53)44-72(66)83(60-28-17-12-18-29-60)73-45-56(37-40-67(73)79)54-26-15-11-16-27-54)68-41-38-64(51-74(68)84)85-63-31-23-30-61(50-63)81-52-82(71-35-22-21-34-70(71)81)62-47-58(77(4,5)6)46-59(48-62)78(7,8)9;/h10-51H,1-9H3;. The van der Waals surface area contributed by atoms with Gasteiger partial charge in [-0.3, -0.25) is 0 Å². The van der Waals surface area contributed by atoms with Crippen molar-refractivity contribution >= 4 is 45.3 Å². The first kappa shape index (κ1) is 54.8. The van der Waals surface area contributed by atoms with Crippen molar-refractivity contribution in [1.29, 1.82) is 0 Å². The van der Waals surface area contributed by atoms with Crippen LogP contribution in [0.2, 0.25) is 0 Å². The number of imidazole rings is 1. The predicted molar refractivity (Wildman–Crippen MR) is 352 cm³/mol. The van der Waals surface area contributed by atoms with Gasteiger partial charge >= 0.3 is 286 Å². The molecule has 0 atom stereocenters. The molecule has 1 spiro atoms. The van der Waals surface area contributed by atoms with Crippen LogP contribution in [0, 0.1) is 3.80 Å². The second-order valence-corrected chi connectivity index (χ2v) is 27.1. The Morgan fingerprint density at radius 2 is 0.826 bits per heavy atom. The van der Waals surface area contributed by atoms with Gasteiger partial charge in [0.2, 0.25) is 0 Å². The second-order valence-electron chi connectivity index (χ2n) is 26.1. The van der Waals surface area contributed by atoms with Crippen LogP contribution < -0.4 is 14.5 Å². The Labute approximate surface area is 516 Å². The van der Waals surface area contributed by atoms with Crippen molar-refractivity contribution in [3.05, 3.63) is 298 Å². The summed E-state index contributed by atoms with van der Waals surface area (Å²) in [6.07, 6.45) is 1.97. The van der Waals surface area contributed by atoms with E-state index < -0.39 is 5.41 Å². The Morgan fingerprint density at radius 1 is 0.349 bits per heavy atom. The average molecular weight is 1300 g/mol. The van der Waals surface area contributed by atoms with Crippen molar-refractivity contribution in [3.63, 3.8) is 0 Å². The zero-order valence-corrected chi connectivity index (χ0v) is 52.5. The molecule has 0 unspecified atom stereocenters. The van der Waals surface area contributed by atoms with Gasteiger partial charge in [0.15, 0.2) is 0 Å². The Bertz CT molecular complexity index is 4530. The molecule has 14 rings (SSSR count). The molecule has 10 aromatic carbocycles. The Hall–Kier alpha value is -9.09. The van der Waals surface area contributed by atoms with Gasteiger partial charge in [0.25, 0.3) is 0 Å². The molecule has 2 aliphatic heterocycles. The molecule has 7 heteroatoms. The first-order chi connectivity index (χ1) is 41.4. The van der Waals surface area contributed by atoms with E-state index in [2.05, 4.69) is 349 Å². The number of aromatic nitrogens is 3. The molecule has 12 aromatic rings. The van der Waals surface area contributed by atoms with Gasteiger partial charge in [0.1, 0.15) is 0 Å². The number of nitrogens with zero attached hydrogens (tertiary/aromatic N) is 5. The van der Waals surface area contributed by atoms with Gasteiger partial charge in [-0.1, -0.05) is 142 Å². The molecule has 0 bridgehead atoms. The molecule has 0 aliphatic carbocycles. The third kappa shape index (κ3) is 9.29. The Kier molecular flexibility index (Phi) is 13.3. The van der Waals surface area contributed by atoms with Crippen LogP contribution >= 0.6 is 0 Å². The van der Waals surface area contributed by atoms with E-state index in [4.69, 9.17) is 9.72 Å². The summed E-state index contributed by atoms with van der Waals surface area (Å²) < 4.78 is 13.1. The van der Waals surface area contributed by atoms with Crippen LogP contribution in [0.5, 0.6) is 11.5 Å². The zero-order chi connectivity index (χ0) is 59.3. The number of hydrogen-bond donors (Lipinski definition) is 0.